The molecule has 4 amide bonds. The van der Waals surface area contributed by atoms with Crippen LogP contribution in [0.5, 0.6) is 5.75 Å². The van der Waals surface area contributed by atoms with Crippen LogP contribution in [0.15, 0.2) is 47.6 Å². The van der Waals surface area contributed by atoms with Crippen molar-refractivity contribution in [3.05, 3.63) is 70.8 Å². The van der Waals surface area contributed by atoms with Gasteiger partial charge in [-0.3, -0.25) is 24.5 Å². The van der Waals surface area contributed by atoms with E-state index in [1.54, 1.807) is 18.2 Å². The standard InChI is InChI=1S/C39H47F3N8O6/c1-2-8-32(36(53)43-25-51)49-23-30-29(37(49)54)9-7-10-31(30)44-35(52)24-55-21-5-3-4-6-22-56-28-13-11-26(12-14-28)27-17-19-48(20-18-27)34-16-15-33-45-46-38(39(40,41)42)50(33)47-34/h7,9-14,25,27,32H,2-6,8,15-24H2,1H3,(H,44,52)(H,43,51,53). The number of aryl methyl sites for hydroxylation is 1. The van der Waals surface area contributed by atoms with Gasteiger partial charge in [0.05, 0.1) is 6.61 Å². The van der Waals surface area contributed by atoms with Crippen molar-refractivity contribution >= 4 is 35.7 Å². The zero-order valence-corrected chi connectivity index (χ0v) is 31.4. The number of alkyl halides is 3. The molecule has 0 aliphatic carbocycles. The smallest absolute Gasteiger partial charge is 0.453 e. The number of amides is 4. The number of halogens is 3. The van der Waals surface area contributed by atoms with Crippen LogP contribution in [0.2, 0.25) is 0 Å². The van der Waals surface area contributed by atoms with E-state index in [2.05, 4.69) is 43.0 Å². The number of anilines is 1. The topological polar surface area (TPSA) is 160 Å². The first-order valence-electron chi connectivity index (χ1n) is 19.2. The number of amidine groups is 1. The summed E-state index contributed by atoms with van der Waals surface area (Å²) >= 11 is 0. The van der Waals surface area contributed by atoms with Gasteiger partial charge in [0.15, 0.2) is 5.82 Å². The van der Waals surface area contributed by atoms with Crippen molar-refractivity contribution in [2.24, 2.45) is 5.10 Å². The van der Waals surface area contributed by atoms with Gasteiger partial charge in [-0.2, -0.15) is 22.9 Å². The van der Waals surface area contributed by atoms with E-state index in [1.165, 1.54) is 10.5 Å². The Balaban J connectivity index is 0.839. The second-order valence-electron chi connectivity index (χ2n) is 14.2. The number of hydrogen-bond donors (Lipinski definition) is 2. The molecule has 1 aromatic heterocycles. The Morgan fingerprint density at radius 3 is 2.46 bits per heavy atom. The maximum absolute atomic E-state index is 13.3. The molecule has 14 nitrogen and oxygen atoms in total. The quantitative estimate of drug-likeness (QED) is 0.137. The minimum absolute atomic E-state index is 0.133. The van der Waals surface area contributed by atoms with Crippen molar-refractivity contribution in [1.29, 1.82) is 0 Å². The molecule has 0 spiro atoms. The molecule has 1 unspecified atom stereocenters. The monoisotopic (exact) mass is 780 g/mol. The fourth-order valence-corrected chi connectivity index (χ4v) is 7.45. The number of aromatic nitrogens is 3. The van der Waals surface area contributed by atoms with E-state index in [0.717, 1.165) is 49.0 Å². The van der Waals surface area contributed by atoms with Gasteiger partial charge in [-0.05, 0) is 74.3 Å². The van der Waals surface area contributed by atoms with Crippen molar-refractivity contribution < 1.29 is 41.8 Å². The maximum Gasteiger partial charge on any atom is 0.453 e. The van der Waals surface area contributed by atoms with Crippen LogP contribution in [0.25, 0.3) is 0 Å². The van der Waals surface area contributed by atoms with Crippen LogP contribution in [0.3, 0.4) is 0 Å². The summed E-state index contributed by atoms with van der Waals surface area (Å²) in [6, 6.07) is 12.4. The molecule has 2 N–H and O–H groups in total. The normalized spacial score (nSPS) is 16.2. The minimum atomic E-state index is -4.61. The number of ether oxygens (including phenoxy) is 2. The molecular formula is C39H47F3N8O6. The lowest BCUT2D eigenvalue weighted by Gasteiger charge is -2.35. The van der Waals surface area contributed by atoms with Crippen molar-refractivity contribution in [2.45, 2.75) is 95.8 Å². The number of carbonyl (C=O) groups is 4. The number of carbonyl (C=O) groups excluding carboxylic acids is 4. The zero-order chi connectivity index (χ0) is 39.7. The van der Waals surface area contributed by atoms with Gasteiger partial charge in [-0.15, -0.1) is 10.2 Å². The second-order valence-corrected chi connectivity index (χ2v) is 14.2. The minimum Gasteiger partial charge on any atom is -0.494 e. The van der Waals surface area contributed by atoms with E-state index in [-0.39, 0.29) is 30.8 Å². The summed E-state index contributed by atoms with van der Waals surface area (Å²) in [4.78, 5) is 52.6. The first-order chi connectivity index (χ1) is 27.1. The first kappa shape index (κ1) is 40.3. The van der Waals surface area contributed by atoms with Gasteiger partial charge in [-0.25, -0.2) is 0 Å². The molecule has 56 heavy (non-hydrogen) atoms. The molecule has 17 heteroatoms. The summed E-state index contributed by atoms with van der Waals surface area (Å²) in [7, 11) is 0. The van der Waals surface area contributed by atoms with Crippen LogP contribution in [-0.4, -0.2) is 93.6 Å². The molecule has 0 bridgehead atoms. The predicted molar refractivity (Wildman–Crippen MR) is 199 cm³/mol. The Labute approximate surface area is 322 Å². The molecule has 300 valence electrons. The Bertz CT molecular complexity index is 1890. The highest BCUT2D eigenvalue weighted by atomic mass is 19.4. The van der Waals surface area contributed by atoms with Gasteiger partial charge in [0.2, 0.25) is 18.2 Å². The molecular weight excluding hydrogens is 733 g/mol. The number of piperidine rings is 1. The largest absolute Gasteiger partial charge is 0.494 e. The lowest BCUT2D eigenvalue weighted by molar-refractivity contribution is -0.147. The van der Waals surface area contributed by atoms with Gasteiger partial charge in [0, 0.05) is 55.9 Å². The van der Waals surface area contributed by atoms with Crippen molar-refractivity contribution in [2.75, 3.05) is 38.2 Å². The molecule has 0 saturated carbocycles. The van der Waals surface area contributed by atoms with Gasteiger partial charge < -0.3 is 24.6 Å². The highest BCUT2D eigenvalue weighted by Gasteiger charge is 2.40. The average molecular weight is 781 g/mol. The fraction of sp³-hybridized carbons (Fsp3) is 0.513. The summed E-state index contributed by atoms with van der Waals surface area (Å²) in [5, 5.41) is 16.2. The van der Waals surface area contributed by atoms with Crippen molar-refractivity contribution in [1.82, 2.24) is 30.0 Å². The molecule has 0 radical (unpaired) electrons. The third-order valence-corrected chi connectivity index (χ3v) is 10.4. The number of benzene rings is 2. The number of nitrogens with one attached hydrogen (secondary N) is 2. The third-order valence-electron chi connectivity index (χ3n) is 10.4. The van der Waals surface area contributed by atoms with E-state index >= 15 is 0 Å². The molecule has 4 heterocycles. The summed E-state index contributed by atoms with van der Waals surface area (Å²) < 4.78 is 52.3. The SMILES string of the molecule is CCCC(C(=O)NC=O)N1Cc2c(NC(=O)COCCCCCCOc3ccc(C4CCN(C5=Nn6c(nnc6C(F)(F)F)CC5)CC4)cc3)cccc2C1=O. The van der Waals surface area contributed by atoms with Crippen molar-refractivity contribution in [3.8, 4) is 5.75 Å². The van der Waals surface area contributed by atoms with Crippen LogP contribution in [0.4, 0.5) is 18.9 Å². The summed E-state index contributed by atoms with van der Waals surface area (Å²) in [5.74, 6) is -0.260. The lowest BCUT2D eigenvalue weighted by Crippen LogP contribution is -2.46. The molecule has 1 fully saturated rings. The Morgan fingerprint density at radius 1 is 1.00 bits per heavy atom. The number of hydrogen-bond acceptors (Lipinski definition) is 10. The summed E-state index contributed by atoms with van der Waals surface area (Å²) in [6.45, 7) is 4.33. The molecule has 3 aliphatic heterocycles. The van der Waals surface area contributed by atoms with E-state index in [1.807, 2.05) is 19.1 Å². The number of imide groups is 1. The molecule has 2 aromatic carbocycles. The highest BCUT2D eigenvalue weighted by molar-refractivity contribution is 6.04. The molecule has 3 aromatic rings. The third kappa shape index (κ3) is 9.72. The average Bonchev–Trinajstić information content (AvgIpc) is 3.78. The van der Waals surface area contributed by atoms with Gasteiger partial charge in [0.1, 0.15) is 24.2 Å². The first-order valence-corrected chi connectivity index (χ1v) is 19.2. The van der Waals surface area contributed by atoms with E-state index in [0.29, 0.717) is 87.0 Å². The number of unbranched alkanes of at least 4 members (excludes halogenated alkanes) is 3. The highest BCUT2D eigenvalue weighted by Crippen LogP contribution is 2.34. The summed E-state index contributed by atoms with van der Waals surface area (Å²) in [6.07, 6.45) is 2.93. The molecule has 1 saturated heterocycles. The van der Waals surface area contributed by atoms with E-state index < -0.39 is 23.9 Å². The summed E-state index contributed by atoms with van der Waals surface area (Å²) in [5.41, 5.74) is 2.74. The Hall–Kier alpha value is -5.32. The zero-order valence-electron chi connectivity index (χ0n) is 31.4. The molecule has 3 aliphatic rings. The van der Waals surface area contributed by atoms with Crippen molar-refractivity contribution in [3.63, 3.8) is 0 Å². The van der Waals surface area contributed by atoms with Crippen LogP contribution in [0.1, 0.15) is 104 Å². The van der Waals surface area contributed by atoms with E-state index in [4.69, 9.17) is 9.47 Å². The number of likely N-dealkylation sites (tertiary alicyclic amines) is 1. The second kappa shape index (κ2) is 18.5. The van der Waals surface area contributed by atoms with Crippen LogP contribution >= 0.6 is 0 Å². The maximum atomic E-state index is 13.3. The number of nitrogens with zero attached hydrogens (tertiary/aromatic N) is 6. The van der Waals surface area contributed by atoms with Crippen LogP contribution in [0, 0.1) is 0 Å². The van der Waals surface area contributed by atoms with E-state index in [9.17, 15) is 32.3 Å². The Kier molecular flexibility index (Phi) is 13.4. The fourth-order valence-electron chi connectivity index (χ4n) is 7.45. The van der Waals surface area contributed by atoms with Crippen LogP contribution in [-0.2, 0) is 38.3 Å². The Morgan fingerprint density at radius 2 is 1.75 bits per heavy atom. The molecule has 1 atom stereocenters. The van der Waals surface area contributed by atoms with Gasteiger partial charge in [-0.1, -0.05) is 38.0 Å². The number of rotatable bonds is 17. The van der Waals surface area contributed by atoms with Crippen LogP contribution < -0.4 is 15.4 Å². The molecule has 6 rings (SSSR count). The van der Waals surface area contributed by atoms with Gasteiger partial charge >= 0.3 is 6.18 Å². The predicted octanol–water partition coefficient (Wildman–Crippen LogP) is 5.28. The lowest BCUT2D eigenvalue weighted by atomic mass is 9.89. The van der Waals surface area contributed by atoms with Gasteiger partial charge in [0.25, 0.3) is 11.7 Å². The number of fused-ring (bicyclic) bond motifs is 2.